The summed E-state index contributed by atoms with van der Waals surface area (Å²) in [5.74, 6) is 1.78. The molecule has 124 valence electrons. The van der Waals surface area contributed by atoms with Crippen LogP contribution in [0.1, 0.15) is 78.6 Å². The van der Waals surface area contributed by atoms with Gasteiger partial charge in [0.15, 0.2) is 0 Å². The van der Waals surface area contributed by atoms with Crippen LogP contribution in [0, 0.1) is 22.7 Å². The molecular weight excluding hydrogens is 258 g/mol. The maximum atomic E-state index is 9.76. The van der Waals surface area contributed by atoms with Crippen LogP contribution in [0.4, 0.5) is 0 Å². The molecular formula is C19H37NO. The Balaban J connectivity index is 1.68. The van der Waals surface area contributed by atoms with Gasteiger partial charge in [-0.2, -0.15) is 0 Å². The van der Waals surface area contributed by atoms with Gasteiger partial charge >= 0.3 is 0 Å². The highest BCUT2D eigenvalue weighted by Crippen LogP contribution is 2.40. The Morgan fingerprint density at radius 2 is 1.62 bits per heavy atom. The topological polar surface area (TPSA) is 32.3 Å². The lowest BCUT2D eigenvalue weighted by atomic mass is 9.70. The zero-order valence-electron chi connectivity index (χ0n) is 14.6. The summed E-state index contributed by atoms with van der Waals surface area (Å²) in [5, 5.41) is 13.5. The number of aliphatic hydroxyl groups excluding tert-OH is 1. The summed E-state index contributed by atoms with van der Waals surface area (Å²) in [6, 6.07) is 0. The van der Waals surface area contributed by atoms with E-state index in [1.807, 2.05) is 0 Å². The molecule has 2 rings (SSSR count). The first-order chi connectivity index (χ1) is 9.95. The number of hydrogen-bond donors (Lipinski definition) is 2. The van der Waals surface area contributed by atoms with E-state index in [-0.39, 0.29) is 5.41 Å². The summed E-state index contributed by atoms with van der Waals surface area (Å²) < 4.78 is 0. The summed E-state index contributed by atoms with van der Waals surface area (Å²) in [7, 11) is 0. The van der Waals surface area contributed by atoms with Crippen molar-refractivity contribution in [1.29, 1.82) is 0 Å². The van der Waals surface area contributed by atoms with Crippen molar-refractivity contribution in [2.24, 2.45) is 22.7 Å². The lowest BCUT2D eigenvalue weighted by molar-refractivity contribution is 0.0781. The quantitative estimate of drug-likeness (QED) is 0.789. The van der Waals surface area contributed by atoms with Crippen LogP contribution in [-0.2, 0) is 0 Å². The van der Waals surface area contributed by atoms with E-state index in [1.54, 1.807) is 0 Å². The Labute approximate surface area is 132 Å². The molecule has 0 aliphatic heterocycles. The maximum Gasteiger partial charge on any atom is 0.0499 e. The molecule has 0 atom stereocenters. The van der Waals surface area contributed by atoms with Crippen molar-refractivity contribution in [3.05, 3.63) is 0 Å². The van der Waals surface area contributed by atoms with E-state index < -0.39 is 0 Å². The van der Waals surface area contributed by atoms with Crippen molar-refractivity contribution in [3.8, 4) is 0 Å². The largest absolute Gasteiger partial charge is 0.396 e. The standard InChI is InChI=1S/C19H37NO/c1-18(2,3)17-9-7-16(8-10-17)13-20-14-19(15-21)11-5-4-6-12-19/h16-17,20-21H,4-15H2,1-3H3. The molecule has 0 aromatic heterocycles. The van der Waals surface area contributed by atoms with Gasteiger partial charge in [-0.25, -0.2) is 0 Å². The Kier molecular flexibility index (Phi) is 6.14. The van der Waals surface area contributed by atoms with Gasteiger partial charge in [0, 0.05) is 18.6 Å². The van der Waals surface area contributed by atoms with Crippen LogP contribution in [0.3, 0.4) is 0 Å². The van der Waals surface area contributed by atoms with Gasteiger partial charge in [0.1, 0.15) is 0 Å². The summed E-state index contributed by atoms with van der Waals surface area (Å²) in [6.45, 7) is 9.75. The van der Waals surface area contributed by atoms with Gasteiger partial charge < -0.3 is 10.4 Å². The minimum Gasteiger partial charge on any atom is -0.396 e. The van der Waals surface area contributed by atoms with Crippen molar-refractivity contribution in [3.63, 3.8) is 0 Å². The first kappa shape index (κ1) is 17.3. The third-order valence-electron chi connectivity index (χ3n) is 6.25. The van der Waals surface area contributed by atoms with Gasteiger partial charge in [-0.1, -0.05) is 40.0 Å². The van der Waals surface area contributed by atoms with E-state index in [9.17, 15) is 5.11 Å². The van der Waals surface area contributed by atoms with Crippen LogP contribution in [0.2, 0.25) is 0 Å². The van der Waals surface area contributed by atoms with E-state index in [0.29, 0.717) is 12.0 Å². The summed E-state index contributed by atoms with van der Waals surface area (Å²) in [6.07, 6.45) is 12.0. The molecule has 0 aromatic carbocycles. The van der Waals surface area contributed by atoms with Gasteiger partial charge in [0.05, 0.1) is 0 Å². The fourth-order valence-electron chi connectivity index (χ4n) is 4.47. The molecule has 2 fully saturated rings. The second kappa shape index (κ2) is 7.46. The van der Waals surface area contributed by atoms with Crippen molar-refractivity contribution in [1.82, 2.24) is 5.32 Å². The zero-order chi connectivity index (χ0) is 15.3. The van der Waals surface area contributed by atoms with Crippen molar-refractivity contribution in [2.75, 3.05) is 19.7 Å². The highest BCUT2D eigenvalue weighted by atomic mass is 16.3. The molecule has 21 heavy (non-hydrogen) atoms. The van der Waals surface area contributed by atoms with Gasteiger partial charge in [-0.15, -0.1) is 0 Å². The van der Waals surface area contributed by atoms with Gasteiger partial charge in [0.2, 0.25) is 0 Å². The molecule has 0 bridgehead atoms. The number of aliphatic hydroxyl groups is 1. The van der Waals surface area contributed by atoms with E-state index in [2.05, 4.69) is 26.1 Å². The first-order valence-electron chi connectivity index (χ1n) is 9.27. The minimum absolute atomic E-state index is 0.195. The lowest BCUT2D eigenvalue weighted by Crippen LogP contribution is -2.41. The summed E-state index contributed by atoms with van der Waals surface area (Å²) >= 11 is 0. The Bertz CT molecular complexity index is 293. The smallest absolute Gasteiger partial charge is 0.0499 e. The average molecular weight is 296 g/mol. The molecule has 2 nitrogen and oxygen atoms in total. The van der Waals surface area contributed by atoms with Crippen LogP contribution in [-0.4, -0.2) is 24.8 Å². The molecule has 2 N–H and O–H groups in total. The van der Waals surface area contributed by atoms with Gasteiger partial charge in [0.25, 0.3) is 0 Å². The minimum atomic E-state index is 0.195. The zero-order valence-corrected chi connectivity index (χ0v) is 14.6. The summed E-state index contributed by atoms with van der Waals surface area (Å²) in [4.78, 5) is 0. The molecule has 2 heteroatoms. The highest BCUT2D eigenvalue weighted by Gasteiger charge is 2.32. The molecule has 0 radical (unpaired) electrons. The monoisotopic (exact) mass is 295 g/mol. The Morgan fingerprint density at radius 3 is 2.14 bits per heavy atom. The van der Waals surface area contributed by atoms with Crippen LogP contribution in [0.15, 0.2) is 0 Å². The van der Waals surface area contributed by atoms with Crippen molar-refractivity contribution >= 4 is 0 Å². The number of nitrogens with one attached hydrogen (secondary N) is 1. The molecule has 0 heterocycles. The van der Waals surface area contributed by atoms with Crippen molar-refractivity contribution < 1.29 is 5.11 Å². The van der Waals surface area contributed by atoms with E-state index in [1.165, 1.54) is 64.3 Å². The second-order valence-corrected chi connectivity index (χ2v) is 8.93. The molecule has 2 aliphatic carbocycles. The van der Waals surface area contributed by atoms with Crippen LogP contribution in [0.5, 0.6) is 0 Å². The third-order valence-corrected chi connectivity index (χ3v) is 6.25. The van der Waals surface area contributed by atoms with Crippen LogP contribution < -0.4 is 5.32 Å². The molecule has 2 aliphatic rings. The number of rotatable bonds is 5. The third kappa shape index (κ3) is 4.96. The normalized spacial score (nSPS) is 30.3. The molecule has 2 saturated carbocycles. The second-order valence-electron chi connectivity index (χ2n) is 8.93. The molecule has 0 unspecified atom stereocenters. The SMILES string of the molecule is CC(C)(C)C1CCC(CNCC2(CO)CCCCC2)CC1. The van der Waals surface area contributed by atoms with E-state index in [0.717, 1.165) is 18.4 Å². The van der Waals surface area contributed by atoms with E-state index in [4.69, 9.17) is 0 Å². The fraction of sp³-hybridized carbons (Fsp3) is 1.00. The highest BCUT2D eigenvalue weighted by molar-refractivity contribution is 4.86. The molecule has 0 saturated heterocycles. The van der Waals surface area contributed by atoms with Gasteiger partial charge in [-0.3, -0.25) is 0 Å². The Hall–Kier alpha value is -0.0800. The number of hydrogen-bond acceptors (Lipinski definition) is 2. The fourth-order valence-corrected chi connectivity index (χ4v) is 4.47. The van der Waals surface area contributed by atoms with Gasteiger partial charge in [-0.05, 0) is 62.3 Å². The average Bonchev–Trinajstić information content (AvgIpc) is 2.48. The maximum absolute atomic E-state index is 9.76. The summed E-state index contributed by atoms with van der Waals surface area (Å²) in [5.41, 5.74) is 0.683. The Morgan fingerprint density at radius 1 is 1.00 bits per heavy atom. The van der Waals surface area contributed by atoms with Crippen LogP contribution >= 0.6 is 0 Å². The first-order valence-corrected chi connectivity index (χ1v) is 9.27. The lowest BCUT2D eigenvalue weighted by Gasteiger charge is -2.38. The van der Waals surface area contributed by atoms with Crippen LogP contribution in [0.25, 0.3) is 0 Å². The molecule has 0 spiro atoms. The van der Waals surface area contributed by atoms with Crippen molar-refractivity contribution in [2.45, 2.75) is 78.6 Å². The van der Waals surface area contributed by atoms with E-state index >= 15 is 0 Å². The predicted molar refractivity (Wildman–Crippen MR) is 90.4 cm³/mol. The molecule has 0 aromatic rings. The molecule has 0 amide bonds. The predicted octanol–water partition coefficient (Wildman–Crippen LogP) is 4.37.